The summed E-state index contributed by atoms with van der Waals surface area (Å²) in [6.45, 7) is 1.71. The van der Waals surface area contributed by atoms with Crippen LogP contribution in [0.2, 0.25) is 0 Å². The maximum atomic E-state index is 10.4. The summed E-state index contributed by atoms with van der Waals surface area (Å²) in [6.07, 6.45) is 0. The van der Waals surface area contributed by atoms with E-state index in [9.17, 15) is 4.79 Å². The standard InChI is InChI=1S/C7H5ClO.C4H9Cl2N/c8-7(9)6-4-2-1-3-5-6;5-1-3-7-4-2-6/h1-5H;7H,1-4H2. The first-order valence-corrected chi connectivity index (χ1v) is 6.24. The van der Waals surface area contributed by atoms with Crippen molar-refractivity contribution in [1.29, 1.82) is 0 Å². The Hall–Kier alpha value is -0.280. The van der Waals surface area contributed by atoms with Gasteiger partial charge >= 0.3 is 0 Å². The summed E-state index contributed by atoms with van der Waals surface area (Å²) in [7, 11) is 0. The number of benzene rings is 1. The van der Waals surface area contributed by atoms with E-state index >= 15 is 0 Å². The molecule has 0 saturated carbocycles. The van der Waals surface area contributed by atoms with Crippen LogP contribution in [0.15, 0.2) is 30.3 Å². The highest BCUT2D eigenvalue weighted by molar-refractivity contribution is 6.67. The Bertz CT molecular complexity index is 276. The maximum Gasteiger partial charge on any atom is 0.252 e. The zero-order valence-corrected chi connectivity index (χ0v) is 11.0. The van der Waals surface area contributed by atoms with Crippen LogP contribution in [-0.4, -0.2) is 30.1 Å². The first-order chi connectivity index (χ1) is 7.72. The Morgan fingerprint density at radius 2 is 1.56 bits per heavy atom. The largest absolute Gasteiger partial charge is 0.314 e. The van der Waals surface area contributed by atoms with Crippen LogP contribution in [0.5, 0.6) is 0 Å². The topological polar surface area (TPSA) is 29.1 Å². The lowest BCUT2D eigenvalue weighted by molar-refractivity contribution is 0.108. The molecule has 0 radical (unpaired) electrons. The number of carbonyl (C=O) groups excluding carboxylic acids is 1. The lowest BCUT2D eigenvalue weighted by Crippen LogP contribution is -2.18. The maximum absolute atomic E-state index is 10.4. The Morgan fingerprint density at radius 3 is 1.88 bits per heavy atom. The lowest BCUT2D eigenvalue weighted by atomic mass is 10.2. The van der Waals surface area contributed by atoms with Crippen molar-refractivity contribution < 1.29 is 4.79 Å². The molecule has 1 aromatic carbocycles. The van der Waals surface area contributed by atoms with Crippen molar-refractivity contribution in [1.82, 2.24) is 5.32 Å². The summed E-state index contributed by atoms with van der Waals surface area (Å²) >= 11 is 15.8. The highest BCUT2D eigenvalue weighted by Gasteiger charge is 1.95. The van der Waals surface area contributed by atoms with Crippen LogP contribution < -0.4 is 5.32 Å². The van der Waals surface area contributed by atoms with Gasteiger partial charge in [-0.2, -0.15) is 0 Å². The minimum atomic E-state index is -0.407. The quantitative estimate of drug-likeness (QED) is 0.511. The molecule has 1 aromatic rings. The van der Waals surface area contributed by atoms with Crippen LogP contribution in [0.25, 0.3) is 0 Å². The van der Waals surface area contributed by atoms with E-state index in [-0.39, 0.29) is 0 Å². The number of carbonyl (C=O) groups is 1. The highest BCUT2D eigenvalue weighted by atomic mass is 35.5. The predicted octanol–water partition coefficient (Wildman–Crippen LogP) is 3.12. The van der Waals surface area contributed by atoms with Gasteiger partial charge in [-0.25, -0.2) is 0 Å². The van der Waals surface area contributed by atoms with Gasteiger partial charge < -0.3 is 5.32 Å². The van der Waals surface area contributed by atoms with Gasteiger partial charge in [0.2, 0.25) is 0 Å². The van der Waals surface area contributed by atoms with E-state index in [1.54, 1.807) is 24.3 Å². The molecule has 0 fully saturated rings. The van der Waals surface area contributed by atoms with Gasteiger partial charge in [0.05, 0.1) is 0 Å². The fourth-order valence-electron chi connectivity index (χ4n) is 0.828. The summed E-state index contributed by atoms with van der Waals surface area (Å²) in [5.74, 6) is 1.33. The third-order valence-electron chi connectivity index (χ3n) is 1.54. The van der Waals surface area contributed by atoms with E-state index in [1.165, 1.54) is 0 Å². The van der Waals surface area contributed by atoms with Crippen LogP contribution in [0.1, 0.15) is 10.4 Å². The second-order valence-corrected chi connectivity index (χ2v) is 3.87. The Kier molecular flexibility index (Phi) is 11.0. The molecule has 0 atom stereocenters. The van der Waals surface area contributed by atoms with Crippen LogP contribution in [0, 0.1) is 0 Å². The average Bonchev–Trinajstić information content (AvgIpc) is 2.32. The van der Waals surface area contributed by atoms with Crippen molar-refractivity contribution in [2.45, 2.75) is 0 Å². The minimum Gasteiger partial charge on any atom is -0.314 e. The van der Waals surface area contributed by atoms with Crippen LogP contribution in [-0.2, 0) is 0 Å². The highest BCUT2D eigenvalue weighted by Crippen LogP contribution is 2.01. The summed E-state index contributed by atoms with van der Waals surface area (Å²) < 4.78 is 0. The first-order valence-electron chi connectivity index (χ1n) is 4.80. The number of nitrogens with one attached hydrogen (secondary N) is 1. The van der Waals surface area contributed by atoms with Crippen molar-refractivity contribution in [3.05, 3.63) is 35.9 Å². The fourth-order valence-corrected chi connectivity index (χ4v) is 1.22. The van der Waals surface area contributed by atoms with E-state index < -0.39 is 5.24 Å². The van der Waals surface area contributed by atoms with Gasteiger partial charge in [0, 0.05) is 30.4 Å². The van der Waals surface area contributed by atoms with Crippen molar-refractivity contribution in [3.63, 3.8) is 0 Å². The molecule has 0 heterocycles. The molecule has 0 aliphatic carbocycles. The monoisotopic (exact) mass is 281 g/mol. The first kappa shape index (κ1) is 15.7. The molecule has 2 nitrogen and oxygen atoms in total. The number of alkyl halides is 2. The molecule has 0 spiro atoms. The summed E-state index contributed by atoms with van der Waals surface area (Å²) in [5.41, 5.74) is 0.541. The molecule has 0 aliphatic rings. The smallest absolute Gasteiger partial charge is 0.252 e. The Labute approximate surface area is 111 Å². The molecule has 0 saturated heterocycles. The van der Waals surface area contributed by atoms with Gasteiger partial charge in [-0.15, -0.1) is 23.2 Å². The normalized spacial score (nSPS) is 9.19. The molecule has 16 heavy (non-hydrogen) atoms. The van der Waals surface area contributed by atoms with Crippen molar-refractivity contribution in [2.24, 2.45) is 0 Å². The molecule has 1 rings (SSSR count). The molecular weight excluding hydrogens is 268 g/mol. The van der Waals surface area contributed by atoms with E-state index in [1.807, 2.05) is 6.07 Å². The second-order valence-electron chi connectivity index (χ2n) is 2.77. The summed E-state index contributed by atoms with van der Waals surface area (Å²) in [4.78, 5) is 10.4. The molecule has 0 amide bonds. The third kappa shape index (κ3) is 8.98. The van der Waals surface area contributed by atoms with Gasteiger partial charge in [0.15, 0.2) is 0 Å². The lowest BCUT2D eigenvalue weighted by Gasteiger charge is -1.93. The predicted molar refractivity (Wildman–Crippen MR) is 70.9 cm³/mol. The van der Waals surface area contributed by atoms with E-state index in [0.717, 1.165) is 13.1 Å². The third-order valence-corrected chi connectivity index (χ3v) is 2.14. The van der Waals surface area contributed by atoms with E-state index in [2.05, 4.69) is 5.32 Å². The second kappa shape index (κ2) is 11.2. The summed E-state index contributed by atoms with van der Waals surface area (Å²) in [6, 6.07) is 8.74. The summed E-state index contributed by atoms with van der Waals surface area (Å²) in [5, 5.41) is 2.61. The average molecular weight is 283 g/mol. The molecule has 0 unspecified atom stereocenters. The zero-order chi connectivity index (χ0) is 12.2. The van der Waals surface area contributed by atoms with Gasteiger partial charge in [-0.3, -0.25) is 4.79 Å². The van der Waals surface area contributed by atoms with Gasteiger partial charge in [0.1, 0.15) is 0 Å². The van der Waals surface area contributed by atoms with Crippen molar-refractivity contribution in [2.75, 3.05) is 24.8 Å². The molecule has 0 bridgehead atoms. The van der Waals surface area contributed by atoms with Crippen LogP contribution in [0.4, 0.5) is 0 Å². The van der Waals surface area contributed by atoms with Gasteiger partial charge in [-0.1, -0.05) is 30.3 Å². The van der Waals surface area contributed by atoms with E-state index in [0.29, 0.717) is 17.3 Å². The van der Waals surface area contributed by atoms with E-state index in [4.69, 9.17) is 34.8 Å². The van der Waals surface area contributed by atoms with Gasteiger partial charge in [-0.05, 0) is 11.6 Å². The molecule has 0 aliphatic heterocycles. The van der Waals surface area contributed by atoms with Crippen molar-refractivity contribution in [3.8, 4) is 0 Å². The molecule has 90 valence electrons. The van der Waals surface area contributed by atoms with Crippen LogP contribution >= 0.6 is 34.8 Å². The molecule has 1 N–H and O–H groups in total. The van der Waals surface area contributed by atoms with Gasteiger partial charge in [0.25, 0.3) is 5.24 Å². The zero-order valence-electron chi connectivity index (χ0n) is 8.76. The minimum absolute atomic E-state index is 0.407. The Balaban J connectivity index is 0.000000293. The molecule has 5 heteroatoms. The number of hydrogen-bond donors (Lipinski definition) is 1. The van der Waals surface area contributed by atoms with Crippen molar-refractivity contribution >= 4 is 40.0 Å². The molecular formula is C11H14Cl3NO. The number of hydrogen-bond acceptors (Lipinski definition) is 2. The Morgan fingerprint density at radius 1 is 1.06 bits per heavy atom. The fraction of sp³-hybridized carbons (Fsp3) is 0.364. The SMILES string of the molecule is ClCCNCCCl.O=C(Cl)c1ccccc1. The van der Waals surface area contributed by atoms with Crippen LogP contribution in [0.3, 0.4) is 0 Å². The molecule has 0 aromatic heterocycles. The number of rotatable bonds is 5. The number of halogens is 3.